The molecule has 0 aromatic heterocycles. The van der Waals surface area contributed by atoms with Gasteiger partial charge in [0.2, 0.25) is 0 Å². The van der Waals surface area contributed by atoms with E-state index in [1.807, 2.05) is 0 Å². The zero-order chi connectivity index (χ0) is 20.4. The summed E-state index contributed by atoms with van der Waals surface area (Å²) >= 11 is 12.2. The number of nitrogens with zero attached hydrogens (tertiary/aromatic N) is 2. The second-order valence-electron chi connectivity index (χ2n) is 5.67. The van der Waals surface area contributed by atoms with Gasteiger partial charge in [-0.25, -0.2) is 0 Å². The first-order valence-corrected chi connectivity index (χ1v) is 9.31. The molecule has 142 valence electrons. The molecule has 1 aliphatic rings. The van der Waals surface area contributed by atoms with Crippen molar-refractivity contribution in [2.75, 3.05) is 6.54 Å². The summed E-state index contributed by atoms with van der Waals surface area (Å²) in [6.45, 7) is -0.412. The number of halogens is 2. The van der Waals surface area contributed by atoms with Crippen molar-refractivity contribution in [3.05, 3.63) is 78.7 Å². The SMILES string of the molecule is O=C(CN1C(=O)S/C(=C\c2ccc(Cl)c([N+](=O)[O-])c2)C1=O)c1ccc(Cl)cc1. The Morgan fingerprint density at radius 2 is 1.82 bits per heavy atom. The number of imide groups is 1. The van der Waals surface area contributed by atoms with Crippen LogP contribution in [0.3, 0.4) is 0 Å². The average Bonchev–Trinajstić information content (AvgIpc) is 2.91. The van der Waals surface area contributed by atoms with Crippen LogP contribution in [0.5, 0.6) is 0 Å². The number of carbonyl (C=O) groups is 3. The van der Waals surface area contributed by atoms with Gasteiger partial charge in [-0.1, -0.05) is 29.3 Å². The highest BCUT2D eigenvalue weighted by atomic mass is 35.5. The molecule has 0 bridgehead atoms. The van der Waals surface area contributed by atoms with Gasteiger partial charge in [0.1, 0.15) is 5.02 Å². The monoisotopic (exact) mass is 436 g/mol. The number of rotatable bonds is 5. The van der Waals surface area contributed by atoms with Gasteiger partial charge in [-0.3, -0.25) is 29.4 Å². The van der Waals surface area contributed by atoms with E-state index in [0.29, 0.717) is 27.9 Å². The number of nitro groups is 1. The largest absolute Gasteiger partial charge is 0.293 e. The van der Waals surface area contributed by atoms with Crippen LogP contribution >= 0.6 is 35.0 Å². The Kier molecular flexibility index (Phi) is 5.83. The van der Waals surface area contributed by atoms with Gasteiger partial charge in [0.25, 0.3) is 16.8 Å². The number of nitro benzene ring substituents is 1. The molecular weight excluding hydrogens is 427 g/mol. The summed E-state index contributed by atoms with van der Waals surface area (Å²) in [5.41, 5.74) is 0.346. The fourth-order valence-electron chi connectivity index (χ4n) is 2.42. The molecule has 0 N–H and O–H groups in total. The van der Waals surface area contributed by atoms with Crippen LogP contribution < -0.4 is 0 Å². The normalized spacial score (nSPS) is 15.4. The molecule has 1 heterocycles. The van der Waals surface area contributed by atoms with Gasteiger partial charge in [-0.2, -0.15) is 0 Å². The average molecular weight is 437 g/mol. The quantitative estimate of drug-likeness (QED) is 0.288. The second-order valence-corrected chi connectivity index (χ2v) is 7.50. The lowest BCUT2D eigenvalue weighted by molar-refractivity contribution is -0.384. The second kappa shape index (κ2) is 8.14. The number of carbonyl (C=O) groups excluding carboxylic acids is 3. The Morgan fingerprint density at radius 3 is 2.46 bits per heavy atom. The molecule has 0 unspecified atom stereocenters. The zero-order valence-electron chi connectivity index (χ0n) is 13.9. The first kappa shape index (κ1) is 20.1. The van der Waals surface area contributed by atoms with Crippen LogP contribution in [0.2, 0.25) is 10.0 Å². The molecule has 0 spiro atoms. The van der Waals surface area contributed by atoms with Crippen LogP contribution in [-0.2, 0) is 4.79 Å². The highest BCUT2D eigenvalue weighted by Crippen LogP contribution is 2.34. The summed E-state index contributed by atoms with van der Waals surface area (Å²) in [6, 6.07) is 10.1. The summed E-state index contributed by atoms with van der Waals surface area (Å²) in [5.74, 6) is -1.06. The maximum Gasteiger partial charge on any atom is 0.293 e. The molecule has 1 fully saturated rings. The minimum atomic E-state index is -0.644. The number of Topliss-reactive ketones (excluding diaryl/α,β-unsaturated/α-hetero) is 1. The third kappa shape index (κ3) is 4.24. The molecule has 2 aromatic rings. The maximum absolute atomic E-state index is 12.5. The van der Waals surface area contributed by atoms with Crippen molar-refractivity contribution < 1.29 is 19.3 Å². The number of ketones is 1. The molecule has 28 heavy (non-hydrogen) atoms. The fraction of sp³-hybridized carbons (Fsp3) is 0.0556. The van der Waals surface area contributed by atoms with E-state index in [-0.39, 0.29) is 15.6 Å². The van der Waals surface area contributed by atoms with Gasteiger partial charge in [-0.05, 0) is 53.7 Å². The lowest BCUT2D eigenvalue weighted by atomic mass is 10.1. The van der Waals surface area contributed by atoms with Gasteiger partial charge in [0.15, 0.2) is 5.78 Å². The van der Waals surface area contributed by atoms with Crippen molar-refractivity contribution in [2.45, 2.75) is 0 Å². The van der Waals surface area contributed by atoms with E-state index in [9.17, 15) is 24.5 Å². The molecule has 0 aliphatic carbocycles. The van der Waals surface area contributed by atoms with Gasteiger partial charge in [0, 0.05) is 16.7 Å². The van der Waals surface area contributed by atoms with Crippen LogP contribution in [0, 0.1) is 10.1 Å². The number of hydrogen-bond acceptors (Lipinski definition) is 6. The van der Waals surface area contributed by atoms with Crippen LogP contribution in [-0.4, -0.2) is 33.3 Å². The predicted molar refractivity (Wildman–Crippen MR) is 107 cm³/mol. The minimum absolute atomic E-state index is 0.0381. The summed E-state index contributed by atoms with van der Waals surface area (Å²) < 4.78 is 0. The summed E-state index contributed by atoms with van der Waals surface area (Å²) in [4.78, 5) is 48.2. The first-order chi connectivity index (χ1) is 13.3. The zero-order valence-corrected chi connectivity index (χ0v) is 16.3. The van der Waals surface area contributed by atoms with E-state index in [1.165, 1.54) is 48.5 Å². The van der Waals surface area contributed by atoms with E-state index >= 15 is 0 Å². The third-order valence-corrected chi connectivity index (χ3v) is 5.29. The highest BCUT2D eigenvalue weighted by Gasteiger charge is 2.36. The van der Waals surface area contributed by atoms with Crippen molar-refractivity contribution in [1.82, 2.24) is 4.90 Å². The van der Waals surface area contributed by atoms with E-state index in [0.717, 1.165) is 4.90 Å². The molecule has 2 amide bonds. The van der Waals surface area contributed by atoms with Crippen molar-refractivity contribution in [3.63, 3.8) is 0 Å². The number of hydrogen-bond donors (Lipinski definition) is 0. The van der Waals surface area contributed by atoms with E-state index < -0.39 is 28.4 Å². The molecule has 3 rings (SSSR count). The van der Waals surface area contributed by atoms with Gasteiger partial charge < -0.3 is 0 Å². The van der Waals surface area contributed by atoms with E-state index in [4.69, 9.17) is 23.2 Å². The Balaban J connectivity index is 1.80. The predicted octanol–water partition coefficient (Wildman–Crippen LogP) is 4.82. The van der Waals surface area contributed by atoms with Crippen LogP contribution in [0.15, 0.2) is 47.4 Å². The minimum Gasteiger partial charge on any atom is -0.292 e. The Hall–Kier alpha value is -2.68. The molecule has 0 radical (unpaired) electrons. The molecule has 1 saturated heterocycles. The molecule has 0 saturated carbocycles. The summed E-state index contributed by atoms with van der Waals surface area (Å²) in [5, 5.41) is 10.8. The van der Waals surface area contributed by atoms with Crippen molar-refractivity contribution in [2.24, 2.45) is 0 Å². The Labute approximate surface area is 173 Å². The van der Waals surface area contributed by atoms with Crippen LogP contribution in [0.4, 0.5) is 10.5 Å². The summed E-state index contributed by atoms with van der Waals surface area (Å²) in [6.07, 6.45) is 1.35. The van der Waals surface area contributed by atoms with Gasteiger partial charge in [0.05, 0.1) is 16.4 Å². The maximum atomic E-state index is 12.5. The molecule has 7 nitrogen and oxygen atoms in total. The number of thioether (sulfide) groups is 1. The Bertz CT molecular complexity index is 1040. The first-order valence-electron chi connectivity index (χ1n) is 7.74. The van der Waals surface area contributed by atoms with Crippen molar-refractivity contribution >= 4 is 63.7 Å². The molecule has 10 heteroatoms. The van der Waals surface area contributed by atoms with Crippen LogP contribution in [0.1, 0.15) is 15.9 Å². The third-order valence-electron chi connectivity index (χ3n) is 3.81. The van der Waals surface area contributed by atoms with Crippen LogP contribution in [0.25, 0.3) is 6.08 Å². The van der Waals surface area contributed by atoms with Crippen molar-refractivity contribution in [1.29, 1.82) is 0 Å². The van der Waals surface area contributed by atoms with E-state index in [2.05, 4.69) is 0 Å². The number of amides is 2. The topological polar surface area (TPSA) is 97.6 Å². The smallest absolute Gasteiger partial charge is 0.292 e. The summed E-state index contributed by atoms with van der Waals surface area (Å²) in [7, 11) is 0. The molecule has 2 aromatic carbocycles. The molecular formula is C18H10Cl2N2O5S. The molecule has 1 aliphatic heterocycles. The van der Waals surface area contributed by atoms with E-state index in [1.54, 1.807) is 0 Å². The molecule has 0 atom stereocenters. The van der Waals surface area contributed by atoms with Gasteiger partial charge in [-0.15, -0.1) is 0 Å². The lowest BCUT2D eigenvalue weighted by Crippen LogP contribution is -2.33. The standard InChI is InChI=1S/C18H10Cl2N2O5S/c19-12-4-2-11(3-5-12)15(23)9-21-17(24)16(28-18(21)25)8-10-1-6-13(20)14(7-10)22(26)27/h1-8H,9H2/b16-8-. The van der Waals surface area contributed by atoms with Gasteiger partial charge >= 0.3 is 0 Å². The lowest BCUT2D eigenvalue weighted by Gasteiger charge is -2.11. The fourth-order valence-corrected chi connectivity index (χ4v) is 3.57. The number of benzene rings is 2. The Morgan fingerprint density at radius 1 is 1.14 bits per heavy atom. The highest BCUT2D eigenvalue weighted by molar-refractivity contribution is 8.18. The van der Waals surface area contributed by atoms with Crippen molar-refractivity contribution in [3.8, 4) is 0 Å².